The van der Waals surface area contributed by atoms with Gasteiger partial charge < -0.3 is 9.64 Å². The summed E-state index contributed by atoms with van der Waals surface area (Å²) in [5, 5.41) is 7.74. The maximum Gasteiger partial charge on any atom is 0.249 e. The fourth-order valence-corrected chi connectivity index (χ4v) is 5.26. The number of carbonyl (C=O) groups excluding carboxylic acids is 1. The molecule has 200 valence electrons. The van der Waals surface area contributed by atoms with Crippen LogP contribution in [0.5, 0.6) is 0 Å². The van der Waals surface area contributed by atoms with Gasteiger partial charge in [-0.25, -0.2) is 4.98 Å². The number of aryl methyl sites for hydroxylation is 1. The minimum Gasteiger partial charge on any atom is -0.369 e. The molecule has 9 heteroatoms. The van der Waals surface area contributed by atoms with Crippen LogP contribution < -0.4 is 0 Å². The van der Waals surface area contributed by atoms with Gasteiger partial charge in [0.15, 0.2) is 0 Å². The third kappa shape index (κ3) is 10.3. The Kier molecular flexibility index (Phi) is 11.3. The third-order valence-corrected chi connectivity index (χ3v) is 7.74. The van der Waals surface area contributed by atoms with Gasteiger partial charge in [-0.2, -0.15) is 16.9 Å². The number of aromatic amines is 1. The van der Waals surface area contributed by atoms with Crippen molar-refractivity contribution in [3.63, 3.8) is 0 Å². The Morgan fingerprint density at radius 3 is 2.19 bits per heavy atom. The van der Waals surface area contributed by atoms with Gasteiger partial charge in [-0.15, -0.1) is 0 Å². The highest BCUT2D eigenvalue weighted by molar-refractivity contribution is 8.00. The van der Waals surface area contributed by atoms with Crippen LogP contribution >= 0.6 is 35.0 Å². The van der Waals surface area contributed by atoms with Gasteiger partial charge in [-0.1, -0.05) is 74.3 Å². The molecule has 2 aliphatic rings. The molecule has 0 radical (unpaired) electrons. The minimum atomic E-state index is -0.00492. The summed E-state index contributed by atoms with van der Waals surface area (Å²) < 4.78 is 5.78. The van der Waals surface area contributed by atoms with E-state index in [-0.39, 0.29) is 23.3 Å². The average Bonchev–Trinajstić information content (AvgIpc) is 3.59. The van der Waals surface area contributed by atoms with Gasteiger partial charge in [-0.05, 0) is 55.5 Å². The van der Waals surface area contributed by atoms with Gasteiger partial charge >= 0.3 is 0 Å². The predicted octanol–water partition coefficient (Wildman–Crippen LogP) is 7.00. The normalized spacial score (nSPS) is 18.3. The summed E-state index contributed by atoms with van der Waals surface area (Å²) in [6.07, 6.45) is 3.94. The highest BCUT2D eigenvalue weighted by Crippen LogP contribution is 2.42. The van der Waals surface area contributed by atoms with Crippen molar-refractivity contribution < 1.29 is 9.53 Å². The number of nitrogens with one attached hydrogen (secondary N) is 1. The largest absolute Gasteiger partial charge is 0.369 e. The third-order valence-electron chi connectivity index (χ3n) is 5.86. The van der Waals surface area contributed by atoms with E-state index in [2.05, 4.69) is 40.9 Å². The summed E-state index contributed by atoms with van der Waals surface area (Å²) in [6.45, 7) is 9.33. The Labute approximate surface area is 234 Å². The molecule has 2 aromatic carbocycles. The van der Waals surface area contributed by atoms with Crippen LogP contribution in [0.1, 0.15) is 51.0 Å². The first kappa shape index (κ1) is 29.5. The molecule has 1 saturated carbocycles. The second-order valence-corrected chi connectivity index (χ2v) is 12.8. The maximum absolute atomic E-state index is 12.7. The first-order valence-corrected chi connectivity index (χ1v) is 14.2. The number of ether oxygens (including phenoxy) is 1. The monoisotopic (exact) mass is 562 g/mol. The molecule has 3 aromatic rings. The van der Waals surface area contributed by atoms with Crippen LogP contribution in [0.4, 0.5) is 0 Å². The lowest BCUT2D eigenvalue weighted by Gasteiger charge is -2.42. The Morgan fingerprint density at radius 1 is 1.08 bits per heavy atom. The van der Waals surface area contributed by atoms with Crippen molar-refractivity contribution in [3.8, 4) is 0 Å². The van der Waals surface area contributed by atoms with E-state index < -0.39 is 0 Å². The molecular weight excluding hydrogens is 527 g/mol. The molecular formula is C28H36Cl2N4O2S. The van der Waals surface area contributed by atoms with E-state index in [0.717, 1.165) is 27.2 Å². The molecule has 1 aliphatic heterocycles. The molecule has 0 bridgehead atoms. The van der Waals surface area contributed by atoms with Crippen LogP contribution in [-0.2, 0) is 9.53 Å². The second-order valence-electron chi connectivity index (χ2n) is 10.1. The summed E-state index contributed by atoms with van der Waals surface area (Å²) in [4.78, 5) is 18.6. The summed E-state index contributed by atoms with van der Waals surface area (Å²) in [7, 11) is 0. The first-order valence-electron chi connectivity index (χ1n) is 12.4. The van der Waals surface area contributed by atoms with Crippen molar-refractivity contribution in [2.24, 2.45) is 5.92 Å². The second kappa shape index (κ2) is 14.2. The number of H-pyrrole nitrogens is 1. The number of morpholine rings is 1. The number of benzene rings is 2. The molecule has 1 aliphatic carbocycles. The average molecular weight is 564 g/mol. The Bertz CT molecular complexity index is 1070. The number of rotatable bonds is 5. The molecule has 1 saturated heterocycles. The van der Waals surface area contributed by atoms with Crippen LogP contribution in [0.2, 0.25) is 10.0 Å². The number of hydrogen-bond donors (Lipinski definition) is 1. The number of aromatic nitrogens is 3. The molecule has 37 heavy (non-hydrogen) atoms. The molecule has 1 N–H and O–H groups in total. The van der Waals surface area contributed by atoms with Crippen molar-refractivity contribution in [1.29, 1.82) is 0 Å². The smallest absolute Gasteiger partial charge is 0.249 e. The van der Waals surface area contributed by atoms with Crippen LogP contribution in [0.25, 0.3) is 0 Å². The molecule has 6 nitrogen and oxygen atoms in total. The maximum atomic E-state index is 12.7. The van der Waals surface area contributed by atoms with E-state index in [0.29, 0.717) is 18.6 Å². The van der Waals surface area contributed by atoms with E-state index in [1.165, 1.54) is 19.2 Å². The summed E-state index contributed by atoms with van der Waals surface area (Å²) in [6, 6.07) is 17.6. The van der Waals surface area contributed by atoms with Crippen LogP contribution in [0, 0.1) is 12.8 Å². The predicted molar refractivity (Wildman–Crippen MR) is 153 cm³/mol. The van der Waals surface area contributed by atoms with Gasteiger partial charge in [-0.3, -0.25) is 9.89 Å². The van der Waals surface area contributed by atoms with Crippen molar-refractivity contribution in [2.75, 3.05) is 19.0 Å². The van der Waals surface area contributed by atoms with E-state index >= 15 is 0 Å². The van der Waals surface area contributed by atoms with Crippen molar-refractivity contribution in [2.45, 2.75) is 57.4 Å². The Morgan fingerprint density at radius 2 is 1.73 bits per heavy atom. The van der Waals surface area contributed by atoms with Crippen LogP contribution in [-0.4, -0.2) is 55.7 Å². The summed E-state index contributed by atoms with van der Waals surface area (Å²) in [5.74, 6) is 2.60. The SMILES string of the molecule is CC(C)(C)SCC(C1CC1)N1C(=O)COCC1c1ccc(Cl)cc1.Cc1ncn[nH]1.Clc1ccccc1. The highest BCUT2D eigenvalue weighted by atomic mass is 35.5. The van der Waals surface area contributed by atoms with Crippen LogP contribution in [0.3, 0.4) is 0 Å². The fraction of sp³-hybridized carbons (Fsp3) is 0.464. The van der Waals surface area contributed by atoms with Gasteiger partial charge in [0.05, 0.1) is 12.6 Å². The van der Waals surface area contributed by atoms with E-state index in [4.69, 9.17) is 27.9 Å². The number of nitrogens with zero attached hydrogens (tertiary/aromatic N) is 3. The van der Waals surface area contributed by atoms with E-state index in [9.17, 15) is 4.79 Å². The lowest BCUT2D eigenvalue weighted by molar-refractivity contribution is -0.152. The van der Waals surface area contributed by atoms with Gasteiger partial charge in [0.25, 0.3) is 0 Å². The molecule has 0 spiro atoms. The zero-order chi connectivity index (χ0) is 26.8. The molecule has 2 heterocycles. The zero-order valence-electron chi connectivity index (χ0n) is 21.9. The number of thioether (sulfide) groups is 1. The molecule has 2 unspecified atom stereocenters. The lowest BCUT2D eigenvalue weighted by Crippen LogP contribution is -2.51. The molecule has 5 rings (SSSR count). The van der Waals surface area contributed by atoms with E-state index in [1.54, 1.807) is 0 Å². The van der Waals surface area contributed by atoms with Crippen molar-refractivity contribution in [1.82, 2.24) is 20.1 Å². The summed E-state index contributed by atoms with van der Waals surface area (Å²) in [5.41, 5.74) is 1.11. The zero-order valence-corrected chi connectivity index (χ0v) is 24.2. The number of hydrogen-bond acceptors (Lipinski definition) is 5. The molecule has 2 atom stereocenters. The van der Waals surface area contributed by atoms with Crippen molar-refractivity contribution in [3.05, 3.63) is 82.4 Å². The summed E-state index contributed by atoms with van der Waals surface area (Å²) >= 11 is 13.5. The number of halogens is 2. The molecule has 2 fully saturated rings. The topological polar surface area (TPSA) is 71.1 Å². The molecule has 1 amide bonds. The standard InChI is InChI=1S/C19H26ClNO2S.C6H5Cl.C3H5N3/c1-19(2,3)24-12-17(14-4-5-14)21-16(10-23-11-18(21)22)13-6-8-15(20)9-7-13;7-6-4-2-1-3-5-6;1-3-4-2-5-6-3/h6-9,14,16-17H,4-5,10-12H2,1-3H3;1-5H;2H,1H3,(H,4,5,6). The minimum absolute atomic E-state index is 0.00492. The van der Waals surface area contributed by atoms with Crippen molar-refractivity contribution >= 4 is 40.9 Å². The Hall–Kier alpha value is -2.06. The highest BCUT2D eigenvalue weighted by Gasteiger charge is 2.43. The quantitative estimate of drug-likeness (QED) is 0.362. The van der Waals surface area contributed by atoms with Crippen LogP contribution in [0.15, 0.2) is 60.9 Å². The number of amides is 1. The fourth-order valence-electron chi connectivity index (χ4n) is 3.89. The molecule has 1 aromatic heterocycles. The van der Waals surface area contributed by atoms with E-state index in [1.807, 2.05) is 73.3 Å². The lowest BCUT2D eigenvalue weighted by atomic mass is 10.0. The number of carbonyl (C=O) groups is 1. The van der Waals surface area contributed by atoms with Gasteiger partial charge in [0, 0.05) is 26.6 Å². The Balaban J connectivity index is 0.000000237. The van der Waals surface area contributed by atoms with Gasteiger partial charge in [0.2, 0.25) is 5.91 Å². The van der Waals surface area contributed by atoms with Gasteiger partial charge in [0.1, 0.15) is 18.8 Å². The first-order chi connectivity index (χ1) is 17.6.